The molecule has 3 rings (SSSR count). The molecular weight excluding hydrogens is 388 g/mol. The summed E-state index contributed by atoms with van der Waals surface area (Å²) in [5, 5.41) is 3.66. The highest BCUT2D eigenvalue weighted by atomic mass is 32.2. The number of carbonyl (C=O) groups is 1. The predicted octanol–water partition coefficient (Wildman–Crippen LogP) is -0.514. The lowest BCUT2D eigenvalue weighted by Gasteiger charge is -2.33. The molecule has 28 heavy (non-hydrogen) atoms. The molecule has 0 atom stereocenters. The molecule has 2 aromatic rings. The van der Waals surface area contributed by atoms with Gasteiger partial charge in [-0.3, -0.25) is 14.2 Å². The molecule has 0 aliphatic carbocycles. The number of aromatic nitrogens is 4. The van der Waals surface area contributed by atoms with E-state index >= 15 is 0 Å². The van der Waals surface area contributed by atoms with E-state index in [1.807, 2.05) is 0 Å². The zero-order valence-electron chi connectivity index (χ0n) is 15.7. The first-order valence-electron chi connectivity index (χ1n) is 8.92. The summed E-state index contributed by atoms with van der Waals surface area (Å²) in [5.41, 5.74) is -0.195. The first-order chi connectivity index (χ1) is 13.3. The van der Waals surface area contributed by atoms with Crippen molar-refractivity contribution >= 4 is 15.9 Å². The van der Waals surface area contributed by atoms with Gasteiger partial charge in [0.1, 0.15) is 5.56 Å². The molecule has 0 unspecified atom stereocenters. The molecule has 12 heteroatoms. The Hall–Kier alpha value is -2.60. The lowest BCUT2D eigenvalue weighted by atomic mass is 10.3. The minimum Gasteiger partial charge on any atom is -0.340 e. The highest BCUT2D eigenvalue weighted by Gasteiger charge is 2.27. The van der Waals surface area contributed by atoms with Crippen molar-refractivity contribution in [3.8, 4) is 11.5 Å². The normalized spacial score (nSPS) is 15.7. The van der Waals surface area contributed by atoms with Crippen LogP contribution in [0.1, 0.15) is 19.2 Å². The summed E-state index contributed by atoms with van der Waals surface area (Å²) in [7, 11) is -3.24. The summed E-state index contributed by atoms with van der Waals surface area (Å²) >= 11 is 0. The second-order valence-electron chi connectivity index (χ2n) is 6.38. The maximum Gasteiger partial charge on any atom is 0.266 e. The van der Waals surface area contributed by atoms with Crippen LogP contribution < -0.4 is 5.56 Å². The Bertz CT molecular complexity index is 1010. The van der Waals surface area contributed by atoms with Crippen molar-refractivity contribution in [3.63, 3.8) is 0 Å². The lowest BCUT2D eigenvalue weighted by Crippen LogP contribution is -2.51. The van der Waals surface area contributed by atoms with E-state index in [1.54, 1.807) is 18.7 Å². The molecule has 1 aliphatic rings. The summed E-state index contributed by atoms with van der Waals surface area (Å²) in [6.07, 6.45) is 2.81. The van der Waals surface area contributed by atoms with Crippen molar-refractivity contribution in [1.82, 2.24) is 28.9 Å². The van der Waals surface area contributed by atoms with Gasteiger partial charge in [-0.05, 0) is 13.8 Å². The van der Waals surface area contributed by atoms with E-state index in [9.17, 15) is 18.0 Å². The molecular formula is C16H22N6O5S. The minimum atomic E-state index is -3.24. The van der Waals surface area contributed by atoms with Crippen LogP contribution in [0.5, 0.6) is 0 Å². The van der Waals surface area contributed by atoms with Gasteiger partial charge in [-0.15, -0.1) is 0 Å². The van der Waals surface area contributed by atoms with Crippen LogP contribution in [0, 0.1) is 6.92 Å². The number of hydrogen-bond donors (Lipinski definition) is 0. The monoisotopic (exact) mass is 410 g/mol. The van der Waals surface area contributed by atoms with Gasteiger partial charge < -0.3 is 9.42 Å². The molecule has 1 amide bonds. The number of amides is 1. The first-order valence-corrected chi connectivity index (χ1v) is 10.5. The third-order valence-electron chi connectivity index (χ3n) is 4.58. The average Bonchev–Trinajstić information content (AvgIpc) is 3.13. The highest BCUT2D eigenvalue weighted by molar-refractivity contribution is 7.89. The third kappa shape index (κ3) is 4.28. The van der Waals surface area contributed by atoms with E-state index in [-0.39, 0.29) is 54.7 Å². The summed E-state index contributed by atoms with van der Waals surface area (Å²) in [6, 6.07) is 0. The molecule has 0 N–H and O–H groups in total. The molecule has 1 aliphatic heterocycles. The van der Waals surface area contributed by atoms with Gasteiger partial charge in [0, 0.05) is 45.3 Å². The van der Waals surface area contributed by atoms with Crippen LogP contribution in [0.2, 0.25) is 0 Å². The van der Waals surface area contributed by atoms with Crippen LogP contribution in [0.25, 0.3) is 11.5 Å². The van der Waals surface area contributed by atoms with Crippen LogP contribution in [-0.4, -0.2) is 75.2 Å². The van der Waals surface area contributed by atoms with Crippen LogP contribution in [0.15, 0.2) is 21.8 Å². The molecule has 1 fully saturated rings. The fourth-order valence-electron chi connectivity index (χ4n) is 2.94. The number of aryl methyl sites for hydroxylation is 2. The molecule has 3 heterocycles. The maximum atomic E-state index is 12.6. The van der Waals surface area contributed by atoms with Crippen molar-refractivity contribution in [1.29, 1.82) is 0 Å². The summed E-state index contributed by atoms with van der Waals surface area (Å²) in [6.45, 7) is 4.65. The zero-order valence-corrected chi connectivity index (χ0v) is 16.6. The Labute approximate surface area is 162 Å². The lowest BCUT2D eigenvalue weighted by molar-refractivity contribution is -0.132. The van der Waals surface area contributed by atoms with Crippen LogP contribution >= 0.6 is 0 Å². The van der Waals surface area contributed by atoms with Gasteiger partial charge in [-0.2, -0.15) is 9.29 Å². The van der Waals surface area contributed by atoms with Crippen LogP contribution in [0.3, 0.4) is 0 Å². The first kappa shape index (κ1) is 20.1. The number of hydrogen-bond acceptors (Lipinski definition) is 8. The average molecular weight is 410 g/mol. The van der Waals surface area contributed by atoms with Gasteiger partial charge in [0.2, 0.25) is 15.9 Å². The Morgan fingerprint density at radius 1 is 1.25 bits per heavy atom. The number of nitrogens with zero attached hydrogens (tertiary/aromatic N) is 6. The number of sulfonamides is 1. The zero-order chi connectivity index (χ0) is 20.3. The fourth-order valence-corrected chi connectivity index (χ4v) is 4.02. The molecule has 0 aromatic carbocycles. The van der Waals surface area contributed by atoms with E-state index in [0.717, 1.165) is 0 Å². The van der Waals surface area contributed by atoms with Crippen molar-refractivity contribution in [2.24, 2.45) is 0 Å². The molecule has 0 saturated carbocycles. The van der Waals surface area contributed by atoms with Crippen LogP contribution in [-0.2, 0) is 21.4 Å². The Kier molecular flexibility index (Phi) is 5.89. The largest absolute Gasteiger partial charge is 0.340 e. The van der Waals surface area contributed by atoms with E-state index in [1.165, 1.54) is 21.4 Å². The second kappa shape index (κ2) is 8.19. The Morgan fingerprint density at radius 3 is 2.57 bits per heavy atom. The number of piperazine rings is 1. The SMILES string of the molecule is CCS(=O)(=O)N1CCN(C(=O)CCn2cncc(-c3nc(C)no3)c2=O)CC1. The van der Waals surface area contributed by atoms with Gasteiger partial charge in [0.15, 0.2) is 5.82 Å². The quantitative estimate of drug-likeness (QED) is 0.622. The van der Waals surface area contributed by atoms with E-state index < -0.39 is 10.0 Å². The maximum absolute atomic E-state index is 12.6. The molecule has 1 saturated heterocycles. The van der Waals surface area contributed by atoms with Crippen molar-refractivity contribution in [3.05, 3.63) is 28.7 Å². The van der Waals surface area contributed by atoms with E-state index in [2.05, 4.69) is 15.1 Å². The molecule has 0 spiro atoms. The molecule has 0 bridgehead atoms. The molecule has 0 radical (unpaired) electrons. The van der Waals surface area contributed by atoms with Crippen molar-refractivity contribution in [2.75, 3.05) is 31.9 Å². The molecule has 11 nitrogen and oxygen atoms in total. The van der Waals surface area contributed by atoms with Crippen molar-refractivity contribution in [2.45, 2.75) is 26.8 Å². The summed E-state index contributed by atoms with van der Waals surface area (Å²) < 4.78 is 31.5. The Morgan fingerprint density at radius 2 is 1.96 bits per heavy atom. The van der Waals surface area contributed by atoms with Gasteiger partial charge in [0.25, 0.3) is 11.4 Å². The van der Waals surface area contributed by atoms with Crippen LogP contribution in [0.4, 0.5) is 0 Å². The fraction of sp³-hybridized carbons (Fsp3) is 0.562. The van der Waals surface area contributed by atoms with E-state index in [4.69, 9.17) is 4.52 Å². The summed E-state index contributed by atoms with van der Waals surface area (Å²) in [4.78, 5) is 34.6. The smallest absolute Gasteiger partial charge is 0.266 e. The molecule has 152 valence electrons. The Balaban J connectivity index is 1.61. The number of rotatable bonds is 6. The summed E-state index contributed by atoms with van der Waals surface area (Å²) in [5.74, 6) is 0.403. The topological polar surface area (TPSA) is 132 Å². The van der Waals surface area contributed by atoms with Crippen molar-refractivity contribution < 1.29 is 17.7 Å². The van der Waals surface area contributed by atoms with Gasteiger partial charge in [-0.25, -0.2) is 13.4 Å². The number of carbonyl (C=O) groups excluding carboxylic acids is 1. The molecule has 2 aromatic heterocycles. The van der Waals surface area contributed by atoms with Gasteiger partial charge in [-0.1, -0.05) is 5.16 Å². The van der Waals surface area contributed by atoms with Gasteiger partial charge in [0.05, 0.1) is 12.1 Å². The second-order valence-corrected chi connectivity index (χ2v) is 8.64. The predicted molar refractivity (Wildman–Crippen MR) is 98.8 cm³/mol. The third-order valence-corrected chi connectivity index (χ3v) is 6.46. The standard InChI is InChI=1S/C16H22N6O5S/c1-3-28(25,26)22-8-6-20(7-9-22)14(23)4-5-21-11-17-10-13(16(21)24)15-18-12(2)19-27-15/h10-11H,3-9H2,1-2H3. The highest BCUT2D eigenvalue weighted by Crippen LogP contribution is 2.12. The minimum absolute atomic E-state index is 0.0484. The van der Waals surface area contributed by atoms with Gasteiger partial charge >= 0.3 is 0 Å². The van der Waals surface area contributed by atoms with E-state index in [0.29, 0.717) is 18.9 Å².